The van der Waals surface area contributed by atoms with E-state index in [2.05, 4.69) is 0 Å². The molecule has 0 amide bonds. The standard InChI is InChI=1S/C15H18F6O2S/c16-12-6-1-2-7-13(12)23-9-3-4-10-24(22)11-5-8-14(17,18)15(19,20)21/h1-2,6-7H,3-5,8-11H2. The van der Waals surface area contributed by atoms with Crippen molar-refractivity contribution in [2.45, 2.75) is 37.8 Å². The number of benzene rings is 1. The molecule has 1 aromatic rings. The number of alkyl halides is 5. The van der Waals surface area contributed by atoms with E-state index in [0.29, 0.717) is 12.8 Å². The fraction of sp³-hybridized carbons (Fsp3) is 0.600. The zero-order valence-electron chi connectivity index (χ0n) is 12.8. The van der Waals surface area contributed by atoms with E-state index < -0.39 is 41.6 Å². The Labute approximate surface area is 138 Å². The molecule has 0 fully saturated rings. The van der Waals surface area contributed by atoms with Crippen LogP contribution in [-0.2, 0) is 10.8 Å². The lowest BCUT2D eigenvalue weighted by Gasteiger charge is -2.19. The van der Waals surface area contributed by atoms with Gasteiger partial charge in [0.25, 0.3) is 0 Å². The van der Waals surface area contributed by atoms with Crippen molar-refractivity contribution in [1.82, 2.24) is 0 Å². The van der Waals surface area contributed by atoms with Gasteiger partial charge in [0.15, 0.2) is 11.6 Å². The molecular formula is C15H18F6O2S. The number of ether oxygens (including phenoxy) is 1. The van der Waals surface area contributed by atoms with Crippen LogP contribution < -0.4 is 4.74 Å². The first-order valence-corrected chi connectivity index (χ1v) is 8.79. The largest absolute Gasteiger partial charge is 0.491 e. The van der Waals surface area contributed by atoms with E-state index in [1.807, 2.05) is 0 Å². The smallest absolute Gasteiger partial charge is 0.453 e. The molecule has 1 aromatic carbocycles. The molecule has 1 rings (SSSR count). The van der Waals surface area contributed by atoms with Gasteiger partial charge in [0, 0.05) is 28.7 Å². The Morgan fingerprint density at radius 3 is 2.21 bits per heavy atom. The van der Waals surface area contributed by atoms with Gasteiger partial charge in [-0.15, -0.1) is 0 Å². The van der Waals surface area contributed by atoms with Crippen LogP contribution in [0.3, 0.4) is 0 Å². The molecule has 0 bridgehead atoms. The molecule has 0 spiro atoms. The van der Waals surface area contributed by atoms with Crippen LogP contribution in [0.15, 0.2) is 24.3 Å². The number of rotatable bonds is 10. The van der Waals surface area contributed by atoms with Crippen LogP contribution in [0, 0.1) is 5.82 Å². The Morgan fingerprint density at radius 1 is 0.958 bits per heavy atom. The maximum Gasteiger partial charge on any atom is 0.453 e. The second-order valence-electron chi connectivity index (χ2n) is 5.14. The molecule has 24 heavy (non-hydrogen) atoms. The first-order chi connectivity index (χ1) is 11.1. The molecule has 1 atom stereocenters. The molecule has 0 heterocycles. The van der Waals surface area contributed by atoms with Crippen LogP contribution in [-0.4, -0.2) is 34.4 Å². The van der Waals surface area contributed by atoms with Gasteiger partial charge in [0.1, 0.15) is 0 Å². The second kappa shape index (κ2) is 9.29. The minimum Gasteiger partial charge on any atom is -0.491 e. The predicted molar refractivity (Wildman–Crippen MR) is 79.2 cm³/mol. The molecule has 0 aliphatic rings. The van der Waals surface area contributed by atoms with E-state index in [-0.39, 0.29) is 23.9 Å². The van der Waals surface area contributed by atoms with Crippen molar-refractivity contribution in [1.29, 1.82) is 0 Å². The van der Waals surface area contributed by atoms with E-state index in [4.69, 9.17) is 4.74 Å². The average Bonchev–Trinajstić information content (AvgIpc) is 2.47. The molecule has 0 N–H and O–H groups in total. The summed E-state index contributed by atoms with van der Waals surface area (Å²) in [7, 11) is -1.46. The van der Waals surface area contributed by atoms with Crippen LogP contribution in [0.2, 0.25) is 0 Å². The fourth-order valence-corrected chi connectivity index (χ4v) is 3.00. The van der Waals surface area contributed by atoms with Gasteiger partial charge in [-0.2, -0.15) is 22.0 Å². The SMILES string of the molecule is O=S(CCCCOc1ccccc1F)CCCC(F)(F)C(F)(F)F. The van der Waals surface area contributed by atoms with Crippen molar-refractivity contribution in [3.63, 3.8) is 0 Å². The summed E-state index contributed by atoms with van der Waals surface area (Å²) in [6.45, 7) is 0.199. The van der Waals surface area contributed by atoms with Gasteiger partial charge in [0.05, 0.1) is 6.61 Å². The van der Waals surface area contributed by atoms with Crippen LogP contribution in [0.1, 0.15) is 25.7 Å². The third kappa shape index (κ3) is 7.11. The highest BCUT2D eigenvalue weighted by atomic mass is 32.2. The van der Waals surface area contributed by atoms with Gasteiger partial charge in [-0.1, -0.05) is 12.1 Å². The molecule has 138 valence electrons. The predicted octanol–water partition coefficient (Wildman–Crippen LogP) is 4.71. The quantitative estimate of drug-likeness (QED) is 0.437. The normalized spacial score (nSPS) is 13.8. The lowest BCUT2D eigenvalue weighted by atomic mass is 10.2. The molecule has 1 unspecified atom stereocenters. The van der Waals surface area contributed by atoms with Gasteiger partial charge in [0.2, 0.25) is 0 Å². The maximum absolute atomic E-state index is 13.2. The van der Waals surface area contributed by atoms with Gasteiger partial charge >= 0.3 is 12.1 Å². The van der Waals surface area contributed by atoms with Crippen molar-refractivity contribution in [3.8, 4) is 5.75 Å². The number of unbranched alkanes of at least 4 members (excludes halogenated alkanes) is 1. The molecule has 0 saturated carbocycles. The summed E-state index contributed by atoms with van der Waals surface area (Å²) >= 11 is 0. The van der Waals surface area contributed by atoms with Crippen LogP contribution in [0.5, 0.6) is 5.75 Å². The van der Waals surface area contributed by atoms with Crippen molar-refractivity contribution < 1.29 is 35.3 Å². The summed E-state index contributed by atoms with van der Waals surface area (Å²) in [6.07, 6.45) is -6.49. The minimum absolute atomic E-state index is 0.105. The summed E-state index contributed by atoms with van der Waals surface area (Å²) in [5.41, 5.74) is 0. The summed E-state index contributed by atoms with van der Waals surface area (Å²) in [4.78, 5) is 0. The highest BCUT2D eigenvalue weighted by Crippen LogP contribution is 2.38. The monoisotopic (exact) mass is 376 g/mol. The van der Waals surface area contributed by atoms with Crippen molar-refractivity contribution >= 4 is 10.8 Å². The third-order valence-corrected chi connectivity index (χ3v) is 4.63. The molecule has 2 nitrogen and oxygen atoms in total. The number of hydrogen-bond donors (Lipinski definition) is 0. The Balaban J connectivity index is 2.13. The van der Waals surface area contributed by atoms with Crippen molar-refractivity contribution in [2.75, 3.05) is 18.1 Å². The van der Waals surface area contributed by atoms with Crippen molar-refractivity contribution in [3.05, 3.63) is 30.1 Å². The lowest BCUT2D eigenvalue weighted by Crippen LogP contribution is -2.36. The Kier molecular flexibility index (Phi) is 8.05. The summed E-state index contributed by atoms with van der Waals surface area (Å²) in [5, 5.41) is 0. The second-order valence-corrected chi connectivity index (χ2v) is 6.84. The first kappa shape index (κ1) is 20.8. The topological polar surface area (TPSA) is 26.3 Å². The highest BCUT2D eigenvalue weighted by Gasteiger charge is 2.56. The number of halogens is 6. The van der Waals surface area contributed by atoms with Crippen LogP contribution in [0.25, 0.3) is 0 Å². The molecule has 0 aromatic heterocycles. The molecule has 9 heteroatoms. The van der Waals surface area contributed by atoms with E-state index in [1.54, 1.807) is 6.07 Å². The highest BCUT2D eigenvalue weighted by molar-refractivity contribution is 7.84. The molecular weight excluding hydrogens is 358 g/mol. The minimum atomic E-state index is -5.57. The fourth-order valence-electron chi connectivity index (χ4n) is 1.81. The van der Waals surface area contributed by atoms with Crippen molar-refractivity contribution in [2.24, 2.45) is 0 Å². The van der Waals surface area contributed by atoms with Gasteiger partial charge < -0.3 is 4.74 Å². The maximum atomic E-state index is 13.2. The van der Waals surface area contributed by atoms with Gasteiger partial charge in [-0.25, -0.2) is 4.39 Å². The Morgan fingerprint density at radius 2 is 1.58 bits per heavy atom. The number of para-hydroxylation sites is 1. The first-order valence-electron chi connectivity index (χ1n) is 7.30. The van der Waals surface area contributed by atoms with Gasteiger partial charge in [-0.3, -0.25) is 4.21 Å². The molecule has 0 radical (unpaired) electrons. The zero-order chi connectivity index (χ0) is 18.2. The zero-order valence-corrected chi connectivity index (χ0v) is 13.6. The van der Waals surface area contributed by atoms with E-state index in [1.165, 1.54) is 18.2 Å². The molecule has 0 aliphatic carbocycles. The van der Waals surface area contributed by atoms with E-state index >= 15 is 0 Å². The summed E-state index contributed by atoms with van der Waals surface area (Å²) in [5.74, 6) is -5.16. The average molecular weight is 376 g/mol. The van der Waals surface area contributed by atoms with Crippen LogP contribution in [0.4, 0.5) is 26.3 Å². The van der Waals surface area contributed by atoms with Crippen LogP contribution >= 0.6 is 0 Å². The third-order valence-electron chi connectivity index (χ3n) is 3.14. The lowest BCUT2D eigenvalue weighted by molar-refractivity contribution is -0.284. The van der Waals surface area contributed by atoms with E-state index in [9.17, 15) is 30.6 Å². The van der Waals surface area contributed by atoms with E-state index in [0.717, 1.165) is 0 Å². The molecule has 0 aliphatic heterocycles. The van der Waals surface area contributed by atoms with Gasteiger partial charge in [-0.05, 0) is 31.4 Å². The Hall–Kier alpha value is -1.25. The Bertz CT molecular complexity index is 533. The summed E-state index contributed by atoms with van der Waals surface area (Å²) in [6, 6.07) is 5.85. The summed E-state index contributed by atoms with van der Waals surface area (Å²) < 4.78 is 91.1. The number of hydrogen-bond acceptors (Lipinski definition) is 2. The molecule has 0 saturated heterocycles.